The Kier molecular flexibility index (Phi) is 5.41. The number of benzene rings is 2. The molecule has 0 spiro atoms. The highest BCUT2D eigenvalue weighted by atomic mass is 14.5. The highest BCUT2D eigenvalue weighted by molar-refractivity contribution is 5.46. The molecule has 0 aliphatic carbocycles. The molecular formula is C19H21N. The van der Waals surface area contributed by atoms with Gasteiger partial charge in [-0.05, 0) is 42.2 Å². The van der Waals surface area contributed by atoms with E-state index in [0.29, 0.717) is 6.54 Å². The van der Waals surface area contributed by atoms with Crippen LogP contribution < -0.4 is 5.73 Å². The second kappa shape index (κ2) is 7.53. The van der Waals surface area contributed by atoms with Gasteiger partial charge in [0, 0.05) is 17.7 Å². The molecule has 0 aromatic heterocycles. The van der Waals surface area contributed by atoms with Crippen molar-refractivity contribution < 1.29 is 0 Å². The zero-order valence-corrected chi connectivity index (χ0v) is 12.0. The molecule has 2 rings (SSSR count). The fourth-order valence-corrected chi connectivity index (χ4v) is 2.10. The van der Waals surface area contributed by atoms with Crippen LogP contribution in [0.25, 0.3) is 0 Å². The Labute approximate surface area is 121 Å². The molecule has 102 valence electrons. The Balaban J connectivity index is 2.12. The third-order valence-corrected chi connectivity index (χ3v) is 3.35. The lowest BCUT2D eigenvalue weighted by atomic mass is 10.1. The maximum atomic E-state index is 5.72. The first kappa shape index (κ1) is 14.4. The van der Waals surface area contributed by atoms with Crippen molar-refractivity contribution >= 4 is 0 Å². The lowest BCUT2D eigenvalue weighted by molar-refractivity contribution is 0.795. The first-order chi connectivity index (χ1) is 9.83. The molecule has 0 radical (unpaired) electrons. The van der Waals surface area contributed by atoms with Gasteiger partial charge in [0.15, 0.2) is 0 Å². The minimum Gasteiger partial charge on any atom is -0.326 e. The molecular weight excluding hydrogens is 242 g/mol. The summed E-state index contributed by atoms with van der Waals surface area (Å²) >= 11 is 0. The molecule has 0 amide bonds. The van der Waals surface area contributed by atoms with Gasteiger partial charge in [-0.3, -0.25) is 0 Å². The summed E-state index contributed by atoms with van der Waals surface area (Å²) in [7, 11) is 0. The van der Waals surface area contributed by atoms with Crippen molar-refractivity contribution in [1.29, 1.82) is 0 Å². The normalized spacial score (nSPS) is 9.90. The van der Waals surface area contributed by atoms with Crippen LogP contribution >= 0.6 is 0 Å². The van der Waals surface area contributed by atoms with E-state index in [1.54, 1.807) is 0 Å². The first-order valence-electron chi connectivity index (χ1n) is 7.22. The van der Waals surface area contributed by atoms with E-state index in [-0.39, 0.29) is 0 Å². The molecule has 2 aromatic carbocycles. The smallest absolute Gasteiger partial charge is 0.0293 e. The second-order valence-electron chi connectivity index (χ2n) is 4.91. The third kappa shape index (κ3) is 3.98. The molecule has 0 bridgehead atoms. The van der Waals surface area contributed by atoms with Crippen molar-refractivity contribution in [3.05, 3.63) is 70.8 Å². The van der Waals surface area contributed by atoms with Crippen molar-refractivity contribution in [1.82, 2.24) is 0 Å². The summed E-state index contributed by atoms with van der Waals surface area (Å²) in [5.41, 5.74) is 10.3. The van der Waals surface area contributed by atoms with Crippen molar-refractivity contribution in [3.8, 4) is 11.8 Å². The number of hydrogen-bond donors (Lipinski definition) is 1. The average Bonchev–Trinajstić information content (AvgIpc) is 2.52. The van der Waals surface area contributed by atoms with Crippen LogP contribution in [0.1, 0.15) is 42.0 Å². The van der Waals surface area contributed by atoms with Gasteiger partial charge >= 0.3 is 0 Å². The molecule has 2 N–H and O–H groups in total. The van der Waals surface area contributed by atoms with Crippen LogP contribution in [0.3, 0.4) is 0 Å². The van der Waals surface area contributed by atoms with Crippen molar-refractivity contribution in [3.63, 3.8) is 0 Å². The maximum Gasteiger partial charge on any atom is 0.0293 e. The van der Waals surface area contributed by atoms with E-state index in [1.807, 2.05) is 24.3 Å². The number of nitrogens with two attached hydrogens (primary N) is 1. The van der Waals surface area contributed by atoms with Crippen LogP contribution in [0, 0.1) is 11.8 Å². The molecule has 0 saturated carbocycles. The van der Waals surface area contributed by atoms with Crippen LogP contribution in [0.15, 0.2) is 48.5 Å². The van der Waals surface area contributed by atoms with Crippen LogP contribution in [0.5, 0.6) is 0 Å². The lowest BCUT2D eigenvalue weighted by Gasteiger charge is -2.00. The Hall–Kier alpha value is -2.04. The van der Waals surface area contributed by atoms with E-state index in [4.69, 9.17) is 5.73 Å². The Bertz CT molecular complexity index is 600. The van der Waals surface area contributed by atoms with Gasteiger partial charge < -0.3 is 5.73 Å². The van der Waals surface area contributed by atoms with E-state index in [2.05, 4.69) is 43.0 Å². The van der Waals surface area contributed by atoms with Gasteiger partial charge in [-0.15, -0.1) is 0 Å². The largest absolute Gasteiger partial charge is 0.326 e. The number of unbranched alkanes of at least 4 members (excludes halogenated alkanes) is 1. The molecule has 0 fully saturated rings. The molecule has 2 aromatic rings. The summed E-state index contributed by atoms with van der Waals surface area (Å²) in [6.07, 6.45) is 3.63. The van der Waals surface area contributed by atoms with Gasteiger partial charge in [0.2, 0.25) is 0 Å². The minimum absolute atomic E-state index is 0.529. The Morgan fingerprint density at radius 1 is 0.950 bits per heavy atom. The van der Waals surface area contributed by atoms with E-state index in [1.165, 1.54) is 18.4 Å². The fourth-order valence-electron chi connectivity index (χ4n) is 2.10. The SMILES string of the molecule is CCCCc1ccc(C#Cc2ccccc2CN)cc1. The standard InChI is InChI=1S/C19H21N/c1-2-3-6-16-9-11-17(12-10-16)13-14-18-7-4-5-8-19(18)15-20/h4-5,7-12H,2-3,6,15,20H2,1H3. The van der Waals surface area contributed by atoms with Crippen molar-refractivity contribution in [2.45, 2.75) is 32.7 Å². The predicted molar refractivity (Wildman–Crippen MR) is 85.4 cm³/mol. The second-order valence-corrected chi connectivity index (χ2v) is 4.91. The summed E-state index contributed by atoms with van der Waals surface area (Å²) in [6, 6.07) is 16.6. The molecule has 20 heavy (non-hydrogen) atoms. The molecule has 1 heteroatoms. The molecule has 0 atom stereocenters. The predicted octanol–water partition coefficient (Wildman–Crippen LogP) is 3.89. The summed E-state index contributed by atoms with van der Waals surface area (Å²) in [4.78, 5) is 0. The number of hydrogen-bond acceptors (Lipinski definition) is 1. The van der Waals surface area contributed by atoms with Crippen LogP contribution in [0.2, 0.25) is 0 Å². The monoisotopic (exact) mass is 263 g/mol. The third-order valence-electron chi connectivity index (χ3n) is 3.35. The topological polar surface area (TPSA) is 26.0 Å². The molecule has 0 aliphatic rings. The molecule has 0 aliphatic heterocycles. The van der Waals surface area contributed by atoms with Gasteiger partial charge in [0.1, 0.15) is 0 Å². The van der Waals surface area contributed by atoms with E-state index < -0.39 is 0 Å². The minimum atomic E-state index is 0.529. The Morgan fingerprint density at radius 3 is 2.40 bits per heavy atom. The Morgan fingerprint density at radius 2 is 1.70 bits per heavy atom. The van der Waals surface area contributed by atoms with Crippen molar-refractivity contribution in [2.75, 3.05) is 0 Å². The molecule has 0 unspecified atom stereocenters. The van der Waals surface area contributed by atoms with Gasteiger partial charge in [0.25, 0.3) is 0 Å². The van der Waals surface area contributed by atoms with Crippen LogP contribution in [-0.2, 0) is 13.0 Å². The van der Waals surface area contributed by atoms with E-state index in [9.17, 15) is 0 Å². The molecule has 0 heterocycles. The van der Waals surface area contributed by atoms with Gasteiger partial charge in [-0.25, -0.2) is 0 Å². The van der Waals surface area contributed by atoms with Gasteiger partial charge in [0.05, 0.1) is 0 Å². The van der Waals surface area contributed by atoms with Crippen molar-refractivity contribution in [2.24, 2.45) is 5.73 Å². The van der Waals surface area contributed by atoms with E-state index in [0.717, 1.165) is 23.1 Å². The zero-order valence-electron chi connectivity index (χ0n) is 12.0. The highest BCUT2D eigenvalue weighted by Gasteiger charge is 1.96. The summed E-state index contributed by atoms with van der Waals surface area (Å²) < 4.78 is 0. The van der Waals surface area contributed by atoms with Gasteiger partial charge in [-0.2, -0.15) is 0 Å². The fraction of sp³-hybridized carbons (Fsp3) is 0.263. The summed E-state index contributed by atoms with van der Waals surface area (Å²) in [5.74, 6) is 6.43. The number of aryl methyl sites for hydroxylation is 1. The molecule has 0 saturated heterocycles. The van der Waals surface area contributed by atoms with Gasteiger partial charge in [-0.1, -0.05) is 55.5 Å². The number of rotatable bonds is 4. The van der Waals surface area contributed by atoms with Crippen LogP contribution in [-0.4, -0.2) is 0 Å². The average molecular weight is 263 g/mol. The molecule has 1 nitrogen and oxygen atoms in total. The lowest BCUT2D eigenvalue weighted by Crippen LogP contribution is -1.98. The first-order valence-corrected chi connectivity index (χ1v) is 7.22. The maximum absolute atomic E-state index is 5.72. The summed E-state index contributed by atoms with van der Waals surface area (Å²) in [5, 5.41) is 0. The van der Waals surface area contributed by atoms with E-state index >= 15 is 0 Å². The highest BCUT2D eigenvalue weighted by Crippen LogP contribution is 2.09. The summed E-state index contributed by atoms with van der Waals surface area (Å²) in [6.45, 7) is 2.75. The zero-order chi connectivity index (χ0) is 14.2. The quantitative estimate of drug-likeness (QED) is 0.832. The van der Waals surface area contributed by atoms with Crippen LogP contribution in [0.4, 0.5) is 0 Å².